The van der Waals surface area contributed by atoms with Crippen LogP contribution in [0.15, 0.2) is 18.2 Å². The molecule has 1 fully saturated rings. The lowest BCUT2D eigenvalue weighted by atomic mass is 10.0. The molecule has 1 aromatic rings. The lowest BCUT2D eigenvalue weighted by Gasteiger charge is -2.32. The van der Waals surface area contributed by atoms with Gasteiger partial charge in [0.1, 0.15) is 5.69 Å². The lowest BCUT2D eigenvalue weighted by molar-refractivity contribution is -0.384. The molecule has 0 radical (unpaired) electrons. The standard InChI is InChI=1S/C12H17N3O2/c1-9-4-5-11(12(7-9)15(16)17)14-6-2-3-10(13)8-14/h4-5,7,10H,2-3,6,8,13H2,1H3/t10-/m1/s1. The first-order valence-electron chi connectivity index (χ1n) is 5.83. The van der Waals surface area contributed by atoms with E-state index in [0.717, 1.165) is 24.9 Å². The molecule has 17 heavy (non-hydrogen) atoms. The van der Waals surface area contributed by atoms with Gasteiger partial charge in [0.05, 0.1) is 4.92 Å². The molecule has 1 saturated heterocycles. The molecular weight excluding hydrogens is 218 g/mol. The van der Waals surface area contributed by atoms with E-state index in [1.165, 1.54) is 0 Å². The molecule has 1 aliphatic rings. The molecule has 2 rings (SSSR count). The fraction of sp³-hybridized carbons (Fsp3) is 0.500. The molecule has 0 aromatic heterocycles. The summed E-state index contributed by atoms with van der Waals surface area (Å²) in [4.78, 5) is 12.7. The molecular formula is C12H17N3O2. The zero-order valence-corrected chi connectivity index (χ0v) is 9.93. The minimum Gasteiger partial charge on any atom is -0.364 e. The van der Waals surface area contributed by atoms with Gasteiger partial charge in [-0.15, -0.1) is 0 Å². The van der Waals surface area contributed by atoms with Gasteiger partial charge < -0.3 is 10.6 Å². The van der Waals surface area contributed by atoms with Crippen LogP contribution >= 0.6 is 0 Å². The molecule has 0 aliphatic carbocycles. The molecule has 0 bridgehead atoms. The van der Waals surface area contributed by atoms with Crippen molar-refractivity contribution in [1.82, 2.24) is 0 Å². The third kappa shape index (κ3) is 2.55. The molecule has 1 aliphatic heterocycles. The van der Waals surface area contributed by atoms with Crippen molar-refractivity contribution in [2.24, 2.45) is 5.73 Å². The second-order valence-corrected chi connectivity index (χ2v) is 4.60. The third-order valence-electron chi connectivity index (χ3n) is 3.13. The fourth-order valence-electron chi connectivity index (χ4n) is 2.28. The molecule has 1 aromatic carbocycles. The van der Waals surface area contributed by atoms with E-state index < -0.39 is 0 Å². The van der Waals surface area contributed by atoms with Gasteiger partial charge in [-0.3, -0.25) is 10.1 Å². The van der Waals surface area contributed by atoms with Gasteiger partial charge in [0.15, 0.2) is 0 Å². The van der Waals surface area contributed by atoms with Crippen molar-refractivity contribution in [2.75, 3.05) is 18.0 Å². The zero-order valence-electron chi connectivity index (χ0n) is 9.93. The van der Waals surface area contributed by atoms with Crippen LogP contribution in [0.4, 0.5) is 11.4 Å². The van der Waals surface area contributed by atoms with Crippen LogP contribution in [-0.4, -0.2) is 24.1 Å². The Morgan fingerprint density at radius 1 is 1.53 bits per heavy atom. The summed E-state index contributed by atoms with van der Waals surface area (Å²) in [5.41, 5.74) is 7.68. The first-order valence-corrected chi connectivity index (χ1v) is 5.83. The van der Waals surface area contributed by atoms with Crippen molar-refractivity contribution in [3.05, 3.63) is 33.9 Å². The average Bonchev–Trinajstić information content (AvgIpc) is 2.28. The third-order valence-corrected chi connectivity index (χ3v) is 3.13. The van der Waals surface area contributed by atoms with Crippen LogP contribution < -0.4 is 10.6 Å². The molecule has 1 heterocycles. The monoisotopic (exact) mass is 235 g/mol. The van der Waals surface area contributed by atoms with Crippen LogP contribution in [0.1, 0.15) is 18.4 Å². The van der Waals surface area contributed by atoms with Crippen LogP contribution in [0.25, 0.3) is 0 Å². The maximum atomic E-state index is 11.0. The Hall–Kier alpha value is -1.62. The SMILES string of the molecule is Cc1ccc(N2CCC[C@@H](N)C2)c([N+](=O)[O-])c1. The van der Waals surface area contributed by atoms with Crippen LogP contribution in [0.3, 0.4) is 0 Å². The number of nitrogens with two attached hydrogens (primary N) is 1. The van der Waals surface area contributed by atoms with Gasteiger partial charge in [-0.1, -0.05) is 6.07 Å². The molecule has 5 nitrogen and oxygen atoms in total. The summed E-state index contributed by atoms with van der Waals surface area (Å²) in [6.07, 6.45) is 1.99. The number of hydrogen-bond donors (Lipinski definition) is 1. The Labute approximate surface area is 100 Å². The summed E-state index contributed by atoms with van der Waals surface area (Å²) in [5.74, 6) is 0. The highest BCUT2D eigenvalue weighted by molar-refractivity contribution is 5.64. The molecule has 0 saturated carbocycles. The molecule has 0 unspecified atom stereocenters. The highest BCUT2D eigenvalue weighted by atomic mass is 16.6. The van der Waals surface area contributed by atoms with Crippen molar-refractivity contribution in [1.29, 1.82) is 0 Å². The summed E-state index contributed by atoms with van der Waals surface area (Å²) >= 11 is 0. The number of hydrogen-bond acceptors (Lipinski definition) is 4. The van der Waals surface area contributed by atoms with E-state index in [4.69, 9.17) is 5.73 Å². The molecule has 92 valence electrons. The quantitative estimate of drug-likeness (QED) is 0.627. The molecule has 1 atom stereocenters. The topological polar surface area (TPSA) is 72.4 Å². The highest BCUT2D eigenvalue weighted by Gasteiger charge is 2.23. The normalized spacial score (nSPS) is 20.4. The van der Waals surface area contributed by atoms with E-state index >= 15 is 0 Å². The maximum absolute atomic E-state index is 11.0. The number of rotatable bonds is 2. The van der Waals surface area contributed by atoms with Crippen LogP contribution in [0.2, 0.25) is 0 Å². The van der Waals surface area contributed by atoms with Gasteiger partial charge in [0.2, 0.25) is 0 Å². The zero-order chi connectivity index (χ0) is 12.4. The second-order valence-electron chi connectivity index (χ2n) is 4.60. The van der Waals surface area contributed by atoms with Gasteiger partial charge >= 0.3 is 0 Å². The first kappa shape index (κ1) is 11.9. The molecule has 0 spiro atoms. The predicted molar refractivity (Wildman–Crippen MR) is 67.3 cm³/mol. The predicted octanol–water partition coefficient (Wildman–Crippen LogP) is 1.83. The van der Waals surface area contributed by atoms with E-state index in [9.17, 15) is 10.1 Å². The van der Waals surface area contributed by atoms with Crippen LogP contribution in [0, 0.1) is 17.0 Å². The van der Waals surface area contributed by atoms with E-state index in [0.29, 0.717) is 12.2 Å². The van der Waals surface area contributed by atoms with E-state index in [2.05, 4.69) is 0 Å². The second kappa shape index (κ2) is 4.71. The van der Waals surface area contributed by atoms with Crippen molar-refractivity contribution >= 4 is 11.4 Å². The molecule has 0 amide bonds. The number of anilines is 1. The Kier molecular flexibility index (Phi) is 3.28. The Balaban J connectivity index is 2.33. The summed E-state index contributed by atoms with van der Waals surface area (Å²) in [5, 5.41) is 11.0. The number of nitrogens with zero attached hydrogens (tertiary/aromatic N) is 2. The highest BCUT2D eigenvalue weighted by Crippen LogP contribution is 2.30. The lowest BCUT2D eigenvalue weighted by Crippen LogP contribution is -2.43. The van der Waals surface area contributed by atoms with Gasteiger partial charge in [-0.25, -0.2) is 0 Å². The maximum Gasteiger partial charge on any atom is 0.292 e. The minimum absolute atomic E-state index is 0.115. The van der Waals surface area contributed by atoms with Crippen molar-refractivity contribution in [3.8, 4) is 0 Å². The first-order chi connectivity index (χ1) is 8.08. The van der Waals surface area contributed by atoms with E-state index in [-0.39, 0.29) is 16.7 Å². The number of piperidine rings is 1. The largest absolute Gasteiger partial charge is 0.364 e. The van der Waals surface area contributed by atoms with Gasteiger partial charge in [0, 0.05) is 25.2 Å². The summed E-state index contributed by atoms with van der Waals surface area (Å²) in [6, 6.07) is 5.47. The Morgan fingerprint density at radius 2 is 2.29 bits per heavy atom. The van der Waals surface area contributed by atoms with Crippen molar-refractivity contribution in [2.45, 2.75) is 25.8 Å². The minimum atomic E-state index is -0.317. The smallest absolute Gasteiger partial charge is 0.292 e. The summed E-state index contributed by atoms with van der Waals surface area (Å²) in [7, 11) is 0. The van der Waals surface area contributed by atoms with E-state index in [1.54, 1.807) is 6.07 Å². The fourth-order valence-corrected chi connectivity index (χ4v) is 2.28. The van der Waals surface area contributed by atoms with Crippen molar-refractivity contribution in [3.63, 3.8) is 0 Å². The number of aryl methyl sites for hydroxylation is 1. The van der Waals surface area contributed by atoms with Gasteiger partial charge in [-0.05, 0) is 31.4 Å². The summed E-state index contributed by atoms with van der Waals surface area (Å²) < 4.78 is 0. The average molecular weight is 235 g/mol. The summed E-state index contributed by atoms with van der Waals surface area (Å²) in [6.45, 7) is 3.40. The van der Waals surface area contributed by atoms with E-state index in [1.807, 2.05) is 24.0 Å². The van der Waals surface area contributed by atoms with Crippen LogP contribution in [0.5, 0.6) is 0 Å². The van der Waals surface area contributed by atoms with Crippen molar-refractivity contribution < 1.29 is 4.92 Å². The van der Waals surface area contributed by atoms with Gasteiger partial charge in [0.25, 0.3) is 5.69 Å². The Bertz CT molecular complexity index is 434. The molecule has 5 heteroatoms. The number of nitro groups is 1. The number of nitro benzene ring substituents is 1. The number of benzene rings is 1. The molecule has 2 N–H and O–H groups in total. The Morgan fingerprint density at radius 3 is 2.94 bits per heavy atom. The van der Waals surface area contributed by atoms with Gasteiger partial charge in [-0.2, -0.15) is 0 Å². The van der Waals surface area contributed by atoms with Crippen LogP contribution in [-0.2, 0) is 0 Å².